The Hall–Kier alpha value is -2.76. The highest BCUT2D eigenvalue weighted by atomic mass is 16.5. The number of methoxy groups -OCH3 is 1. The van der Waals surface area contributed by atoms with E-state index in [1.165, 1.54) is 5.69 Å². The molecule has 3 aromatic rings. The molecule has 0 unspecified atom stereocenters. The largest absolute Gasteiger partial charge is 0.493 e. The van der Waals surface area contributed by atoms with Crippen LogP contribution in [-0.2, 0) is 13.5 Å². The third-order valence-corrected chi connectivity index (χ3v) is 5.03. The minimum atomic E-state index is -0.197. The van der Waals surface area contributed by atoms with Crippen LogP contribution in [0.5, 0.6) is 5.75 Å². The molecule has 0 aliphatic heterocycles. The normalized spacial score (nSPS) is 16.7. The van der Waals surface area contributed by atoms with E-state index in [2.05, 4.69) is 10.4 Å². The molecule has 2 heterocycles. The number of hydrogen-bond donors (Lipinski definition) is 1. The van der Waals surface area contributed by atoms with Gasteiger partial charge in [-0.3, -0.25) is 9.48 Å². The fourth-order valence-corrected chi connectivity index (χ4v) is 3.67. The molecule has 1 aliphatic carbocycles. The van der Waals surface area contributed by atoms with Gasteiger partial charge in [0.15, 0.2) is 17.1 Å². The van der Waals surface area contributed by atoms with Gasteiger partial charge in [-0.2, -0.15) is 5.10 Å². The number of nitrogens with one attached hydrogen (secondary N) is 1. The van der Waals surface area contributed by atoms with Crippen molar-refractivity contribution < 1.29 is 13.9 Å². The molecule has 0 bridgehead atoms. The van der Waals surface area contributed by atoms with Crippen molar-refractivity contribution in [3.05, 3.63) is 47.0 Å². The van der Waals surface area contributed by atoms with Crippen LogP contribution in [0.3, 0.4) is 0 Å². The molecule has 0 spiro atoms. The first-order valence-corrected chi connectivity index (χ1v) is 8.48. The summed E-state index contributed by atoms with van der Waals surface area (Å²) in [4.78, 5) is 12.8. The monoisotopic (exact) mass is 339 g/mol. The molecule has 130 valence electrons. The predicted octanol–water partition coefficient (Wildman–Crippen LogP) is 3.29. The molecule has 0 radical (unpaired) electrons. The highest BCUT2D eigenvalue weighted by molar-refractivity contribution is 6.00. The Bertz CT molecular complexity index is 954. The number of furan rings is 1. The molecule has 0 saturated carbocycles. The van der Waals surface area contributed by atoms with Crippen LogP contribution in [0.25, 0.3) is 11.0 Å². The minimum Gasteiger partial charge on any atom is -0.493 e. The van der Waals surface area contributed by atoms with Crippen molar-refractivity contribution >= 4 is 16.9 Å². The number of para-hydroxylation sites is 1. The molecule has 0 fully saturated rings. The molecule has 0 saturated heterocycles. The minimum absolute atomic E-state index is 0.0283. The van der Waals surface area contributed by atoms with Crippen molar-refractivity contribution in [2.24, 2.45) is 7.05 Å². The van der Waals surface area contributed by atoms with Gasteiger partial charge in [0.05, 0.1) is 19.3 Å². The molecule has 1 atom stereocenters. The maximum absolute atomic E-state index is 12.8. The van der Waals surface area contributed by atoms with Gasteiger partial charge in [-0.05, 0) is 32.3 Å². The molecule has 1 aliphatic rings. The number of carbonyl (C=O) groups is 1. The first kappa shape index (κ1) is 15.7. The van der Waals surface area contributed by atoms with Crippen LogP contribution in [0, 0.1) is 6.92 Å². The average Bonchev–Trinajstić information content (AvgIpc) is 3.17. The van der Waals surface area contributed by atoms with E-state index in [1.807, 2.05) is 43.0 Å². The number of amides is 1. The van der Waals surface area contributed by atoms with Crippen molar-refractivity contribution in [2.75, 3.05) is 7.11 Å². The Morgan fingerprint density at radius 3 is 3.08 bits per heavy atom. The topological polar surface area (TPSA) is 69.3 Å². The maximum atomic E-state index is 12.8. The SMILES string of the molecule is COc1cccc2c(C)c(C(=O)N[C@@H]3CCCc4c3cnn4C)oc12. The average molecular weight is 339 g/mol. The van der Waals surface area contributed by atoms with Gasteiger partial charge in [0.2, 0.25) is 0 Å². The van der Waals surface area contributed by atoms with E-state index in [9.17, 15) is 4.79 Å². The lowest BCUT2D eigenvalue weighted by molar-refractivity contribution is 0.0905. The zero-order valence-electron chi connectivity index (χ0n) is 14.6. The van der Waals surface area contributed by atoms with E-state index in [4.69, 9.17) is 9.15 Å². The van der Waals surface area contributed by atoms with Crippen LogP contribution in [0.4, 0.5) is 0 Å². The molecule has 6 nitrogen and oxygen atoms in total. The number of benzene rings is 1. The standard InChI is InChI=1S/C19H21N3O3/c1-11-12-6-4-9-16(24-3)18(12)25-17(11)19(23)21-14-7-5-8-15-13(14)10-20-22(15)2/h4,6,9-10,14H,5,7-8H2,1-3H3,(H,21,23)/t14-/m1/s1. The molecule has 2 aromatic heterocycles. The summed E-state index contributed by atoms with van der Waals surface area (Å²) in [6.45, 7) is 1.90. The summed E-state index contributed by atoms with van der Waals surface area (Å²) >= 11 is 0. The molecule has 6 heteroatoms. The van der Waals surface area contributed by atoms with E-state index in [0.717, 1.165) is 35.8 Å². The Kier molecular flexibility index (Phi) is 3.75. The summed E-state index contributed by atoms with van der Waals surface area (Å²) in [5.74, 6) is 0.778. The molecule has 1 N–H and O–H groups in total. The van der Waals surface area contributed by atoms with Crippen LogP contribution in [0.2, 0.25) is 0 Å². The van der Waals surface area contributed by atoms with Crippen molar-refractivity contribution in [2.45, 2.75) is 32.2 Å². The van der Waals surface area contributed by atoms with Crippen LogP contribution in [0.15, 0.2) is 28.8 Å². The molecular weight excluding hydrogens is 318 g/mol. The third kappa shape index (κ3) is 2.49. The smallest absolute Gasteiger partial charge is 0.287 e. The second kappa shape index (κ2) is 5.95. The summed E-state index contributed by atoms with van der Waals surface area (Å²) in [7, 11) is 3.54. The van der Waals surface area contributed by atoms with Gasteiger partial charge in [-0.15, -0.1) is 0 Å². The van der Waals surface area contributed by atoms with Crippen molar-refractivity contribution in [3.8, 4) is 5.75 Å². The van der Waals surface area contributed by atoms with Gasteiger partial charge >= 0.3 is 0 Å². The summed E-state index contributed by atoms with van der Waals surface area (Å²) in [6, 6.07) is 5.64. The zero-order chi connectivity index (χ0) is 17.6. The van der Waals surface area contributed by atoms with Crippen molar-refractivity contribution in [3.63, 3.8) is 0 Å². The van der Waals surface area contributed by atoms with E-state index < -0.39 is 0 Å². The lowest BCUT2D eigenvalue weighted by Gasteiger charge is -2.23. The second-order valence-corrected chi connectivity index (χ2v) is 6.48. The van der Waals surface area contributed by atoms with Crippen molar-refractivity contribution in [1.82, 2.24) is 15.1 Å². The number of rotatable bonds is 3. The van der Waals surface area contributed by atoms with Gasteiger partial charge in [-0.1, -0.05) is 12.1 Å². The van der Waals surface area contributed by atoms with Crippen LogP contribution >= 0.6 is 0 Å². The molecule has 4 rings (SSSR count). The van der Waals surface area contributed by atoms with Crippen LogP contribution in [-0.4, -0.2) is 22.8 Å². The van der Waals surface area contributed by atoms with Crippen molar-refractivity contribution in [1.29, 1.82) is 0 Å². The quantitative estimate of drug-likeness (QED) is 0.795. The first-order chi connectivity index (χ1) is 12.1. The predicted molar refractivity (Wildman–Crippen MR) is 93.9 cm³/mol. The van der Waals surface area contributed by atoms with E-state index >= 15 is 0 Å². The van der Waals surface area contributed by atoms with Crippen LogP contribution < -0.4 is 10.1 Å². The lowest BCUT2D eigenvalue weighted by atomic mass is 9.93. The van der Waals surface area contributed by atoms with E-state index in [1.54, 1.807) is 7.11 Å². The van der Waals surface area contributed by atoms with E-state index in [0.29, 0.717) is 17.1 Å². The number of carbonyl (C=O) groups excluding carboxylic acids is 1. The lowest BCUT2D eigenvalue weighted by Crippen LogP contribution is -2.31. The fraction of sp³-hybridized carbons (Fsp3) is 0.368. The Balaban J connectivity index is 1.66. The number of nitrogens with zero attached hydrogens (tertiary/aromatic N) is 2. The molecule has 25 heavy (non-hydrogen) atoms. The molecular formula is C19H21N3O3. The first-order valence-electron chi connectivity index (χ1n) is 8.48. The van der Waals surface area contributed by atoms with Crippen LogP contribution in [0.1, 0.15) is 46.3 Å². The fourth-order valence-electron chi connectivity index (χ4n) is 3.67. The second-order valence-electron chi connectivity index (χ2n) is 6.48. The maximum Gasteiger partial charge on any atom is 0.287 e. The van der Waals surface area contributed by atoms with Gasteiger partial charge in [0.1, 0.15) is 0 Å². The zero-order valence-corrected chi connectivity index (χ0v) is 14.6. The highest BCUT2D eigenvalue weighted by Crippen LogP contribution is 2.33. The van der Waals surface area contributed by atoms with Gasteiger partial charge in [-0.25, -0.2) is 0 Å². The number of aryl methyl sites for hydroxylation is 2. The summed E-state index contributed by atoms with van der Waals surface area (Å²) in [6.07, 6.45) is 4.80. The van der Waals surface area contributed by atoms with E-state index in [-0.39, 0.29) is 11.9 Å². The Morgan fingerprint density at radius 2 is 2.28 bits per heavy atom. The highest BCUT2D eigenvalue weighted by Gasteiger charge is 2.27. The summed E-state index contributed by atoms with van der Waals surface area (Å²) in [5.41, 5.74) is 3.74. The molecule has 1 amide bonds. The number of fused-ring (bicyclic) bond motifs is 2. The number of hydrogen-bond acceptors (Lipinski definition) is 4. The summed E-state index contributed by atoms with van der Waals surface area (Å²) in [5, 5.41) is 8.34. The number of ether oxygens (including phenoxy) is 1. The van der Waals surface area contributed by atoms with Gasteiger partial charge in [0.25, 0.3) is 5.91 Å². The third-order valence-electron chi connectivity index (χ3n) is 5.03. The van der Waals surface area contributed by atoms with Gasteiger partial charge in [0, 0.05) is 29.3 Å². The number of aromatic nitrogens is 2. The summed E-state index contributed by atoms with van der Waals surface area (Å²) < 4.78 is 13.1. The Labute approximate surface area is 145 Å². The molecule has 1 aromatic carbocycles. The van der Waals surface area contributed by atoms with Gasteiger partial charge < -0.3 is 14.5 Å². The Morgan fingerprint density at radius 1 is 1.44 bits per heavy atom.